The van der Waals surface area contributed by atoms with Gasteiger partial charge in [-0.05, 0) is 45.4 Å². The van der Waals surface area contributed by atoms with E-state index in [0.29, 0.717) is 0 Å². The fraction of sp³-hybridized carbons (Fsp3) is 0.478. The number of rotatable bonds is 10. The van der Waals surface area contributed by atoms with E-state index in [2.05, 4.69) is 29.3 Å². The lowest BCUT2D eigenvalue weighted by atomic mass is 10.0. The third-order valence-electron chi connectivity index (χ3n) is 4.17. The number of aromatic hydroxyl groups is 1. The van der Waals surface area contributed by atoms with Gasteiger partial charge in [0.25, 0.3) is 5.91 Å². The molecular weight excluding hydrogens is 462 g/mol. The van der Waals surface area contributed by atoms with Crippen LogP contribution in [0.1, 0.15) is 45.7 Å². The minimum atomic E-state index is -1.37. The number of terminal acetylenes is 1. The molecule has 0 saturated heterocycles. The fourth-order valence-corrected chi connectivity index (χ4v) is 3.05. The molecule has 3 amide bonds. The Morgan fingerprint density at radius 3 is 2.47 bits per heavy atom. The molecule has 2 unspecified atom stereocenters. The summed E-state index contributed by atoms with van der Waals surface area (Å²) in [6.45, 7) is 6.79. The van der Waals surface area contributed by atoms with E-state index in [4.69, 9.17) is 15.9 Å². The van der Waals surface area contributed by atoms with E-state index in [1.54, 1.807) is 27.7 Å². The number of hydrogen-bond donors (Lipinski definition) is 4. The molecule has 0 aliphatic carbocycles. The molecule has 11 heteroatoms. The molecule has 1 aromatic carbocycles. The molecule has 0 radical (unpaired) electrons. The zero-order valence-corrected chi connectivity index (χ0v) is 20.6. The van der Waals surface area contributed by atoms with Gasteiger partial charge in [0.05, 0.1) is 13.0 Å². The number of carbonyl (C=O) groups is 4. The molecule has 3 N–H and O–H groups in total. The van der Waals surface area contributed by atoms with Crippen LogP contribution in [0.15, 0.2) is 24.3 Å². The highest BCUT2D eigenvalue weighted by Crippen LogP contribution is 2.25. The van der Waals surface area contributed by atoms with Crippen molar-refractivity contribution in [3.8, 4) is 18.2 Å². The average Bonchev–Trinajstić information content (AvgIpc) is 2.74. The first kappa shape index (κ1) is 28.6. The van der Waals surface area contributed by atoms with Crippen LogP contribution < -0.4 is 10.6 Å². The molecule has 0 aliphatic rings. The van der Waals surface area contributed by atoms with E-state index in [-0.39, 0.29) is 36.6 Å². The zero-order chi connectivity index (χ0) is 25.9. The summed E-state index contributed by atoms with van der Waals surface area (Å²) in [6.07, 6.45) is 4.65. The van der Waals surface area contributed by atoms with Crippen molar-refractivity contribution in [3.63, 3.8) is 0 Å². The molecule has 0 saturated carbocycles. The minimum absolute atomic E-state index is 0.0638. The van der Waals surface area contributed by atoms with Crippen molar-refractivity contribution in [3.05, 3.63) is 29.8 Å². The summed E-state index contributed by atoms with van der Waals surface area (Å²) in [6, 6.07) is 5.27. The summed E-state index contributed by atoms with van der Waals surface area (Å²) in [5, 5.41) is 14.8. The molecule has 1 rings (SSSR count). The Bertz CT molecular complexity index is 924. The monoisotopic (exact) mass is 493 g/mol. The third kappa shape index (κ3) is 9.23. The van der Waals surface area contributed by atoms with Crippen LogP contribution in [-0.4, -0.2) is 64.4 Å². The molecule has 0 bridgehead atoms. The summed E-state index contributed by atoms with van der Waals surface area (Å²) in [4.78, 5) is 50.8. The molecule has 0 heterocycles. The number of carbonyl (C=O) groups excluding carboxylic acids is 4. The first-order valence-electron chi connectivity index (χ1n) is 10.5. The molecule has 0 aromatic heterocycles. The van der Waals surface area contributed by atoms with Crippen molar-refractivity contribution in [2.75, 3.05) is 18.9 Å². The third-order valence-corrected chi connectivity index (χ3v) is 4.54. The van der Waals surface area contributed by atoms with E-state index in [0.717, 1.165) is 4.90 Å². The van der Waals surface area contributed by atoms with Crippen molar-refractivity contribution in [1.82, 2.24) is 15.5 Å². The van der Waals surface area contributed by atoms with Crippen LogP contribution in [0.4, 0.5) is 4.79 Å². The number of benzene rings is 1. The average molecular weight is 494 g/mol. The van der Waals surface area contributed by atoms with Gasteiger partial charge in [0.1, 0.15) is 23.4 Å². The number of nitrogens with one attached hydrogen (secondary N) is 2. The number of ether oxygens (including phenoxy) is 2. The van der Waals surface area contributed by atoms with Crippen LogP contribution in [0.5, 0.6) is 5.75 Å². The number of esters is 1. The quantitative estimate of drug-likeness (QED) is 0.169. The maximum Gasteiger partial charge on any atom is 0.408 e. The normalized spacial score (nSPS) is 12.5. The summed E-state index contributed by atoms with van der Waals surface area (Å²) < 4.78 is 10.0. The van der Waals surface area contributed by atoms with Gasteiger partial charge < -0.3 is 25.2 Å². The lowest BCUT2D eigenvalue weighted by Crippen LogP contribution is -2.52. The number of hydrogen-bond acceptors (Lipinski definition) is 8. The van der Waals surface area contributed by atoms with Crippen molar-refractivity contribution >= 4 is 36.5 Å². The number of alkyl carbamates (subject to hydrolysis) is 1. The number of thiol groups is 1. The zero-order valence-electron chi connectivity index (χ0n) is 19.7. The lowest BCUT2D eigenvalue weighted by molar-refractivity contribution is -0.143. The molecule has 186 valence electrons. The fourth-order valence-electron chi connectivity index (χ4n) is 2.80. The second kappa shape index (κ2) is 13.3. The van der Waals surface area contributed by atoms with E-state index < -0.39 is 41.6 Å². The standard InChI is InChI=1S/C23H31N3O7S/c1-6-26(21(30)17(14-34)25-22(31)33-23(3,4)5)19(15-9-8-10-16(27)13-15)20(29)24-12-11-18(28)32-7-2/h1,8-10,13,17,19,27,34H,7,11-12,14H2,2-5H3,(H,24,29)(H,25,31). The highest BCUT2D eigenvalue weighted by atomic mass is 32.1. The Hall–Kier alpha value is -3.39. The van der Waals surface area contributed by atoms with Crippen molar-refractivity contribution in [1.29, 1.82) is 0 Å². The maximum atomic E-state index is 13.2. The molecule has 0 fully saturated rings. The molecule has 0 spiro atoms. The van der Waals surface area contributed by atoms with Gasteiger partial charge in [-0.2, -0.15) is 12.6 Å². The molecule has 2 atom stereocenters. The number of nitrogens with zero attached hydrogens (tertiary/aromatic N) is 1. The molecule has 34 heavy (non-hydrogen) atoms. The summed E-state index contributed by atoms with van der Waals surface area (Å²) in [5.41, 5.74) is -0.585. The smallest absolute Gasteiger partial charge is 0.408 e. The maximum absolute atomic E-state index is 13.2. The minimum Gasteiger partial charge on any atom is -0.508 e. The SMILES string of the molecule is C#CN(C(=O)C(CS)NC(=O)OC(C)(C)C)C(C(=O)NCCC(=O)OCC)c1cccc(O)c1. The second-order valence-corrected chi connectivity index (χ2v) is 8.43. The Morgan fingerprint density at radius 2 is 1.94 bits per heavy atom. The van der Waals surface area contributed by atoms with Gasteiger partial charge in [0.2, 0.25) is 5.91 Å². The Balaban J connectivity index is 3.17. The molecule has 10 nitrogen and oxygen atoms in total. The van der Waals surface area contributed by atoms with Crippen molar-refractivity contribution < 1.29 is 33.8 Å². The van der Waals surface area contributed by atoms with Crippen LogP contribution >= 0.6 is 12.6 Å². The van der Waals surface area contributed by atoms with E-state index in [1.807, 2.05) is 0 Å². The van der Waals surface area contributed by atoms with E-state index in [1.165, 1.54) is 24.3 Å². The summed E-state index contributed by atoms with van der Waals surface area (Å²) in [5.74, 6) is -2.27. The second-order valence-electron chi connectivity index (χ2n) is 8.06. The largest absolute Gasteiger partial charge is 0.508 e. The molecule has 0 aliphatic heterocycles. The van der Waals surface area contributed by atoms with Crippen LogP contribution in [0.3, 0.4) is 0 Å². The number of phenols is 1. The van der Waals surface area contributed by atoms with Gasteiger partial charge in [-0.15, -0.1) is 0 Å². The van der Waals surface area contributed by atoms with Crippen LogP contribution in [-0.2, 0) is 23.9 Å². The topological polar surface area (TPSA) is 134 Å². The van der Waals surface area contributed by atoms with Crippen LogP contribution in [0, 0.1) is 12.5 Å². The van der Waals surface area contributed by atoms with Gasteiger partial charge in [0, 0.05) is 18.3 Å². The predicted octanol–water partition coefficient (Wildman–Crippen LogP) is 1.75. The van der Waals surface area contributed by atoms with Gasteiger partial charge in [-0.25, -0.2) is 4.79 Å². The Labute approximate surface area is 204 Å². The lowest BCUT2D eigenvalue weighted by Gasteiger charge is -2.30. The first-order chi connectivity index (χ1) is 15.9. The van der Waals surface area contributed by atoms with Gasteiger partial charge in [0.15, 0.2) is 0 Å². The summed E-state index contributed by atoms with van der Waals surface area (Å²) in [7, 11) is 0. The van der Waals surface area contributed by atoms with Crippen LogP contribution in [0.25, 0.3) is 0 Å². The van der Waals surface area contributed by atoms with E-state index >= 15 is 0 Å². The van der Waals surface area contributed by atoms with Crippen LogP contribution in [0.2, 0.25) is 0 Å². The highest BCUT2D eigenvalue weighted by molar-refractivity contribution is 7.80. The van der Waals surface area contributed by atoms with Gasteiger partial charge in [-0.1, -0.05) is 18.6 Å². The number of phenolic OH excluding ortho intramolecular Hbond substituents is 1. The first-order valence-corrected chi connectivity index (χ1v) is 11.2. The predicted molar refractivity (Wildman–Crippen MR) is 128 cm³/mol. The molecule has 1 aromatic rings. The van der Waals surface area contributed by atoms with E-state index in [9.17, 15) is 24.3 Å². The summed E-state index contributed by atoms with van der Waals surface area (Å²) >= 11 is 4.12. The molecular formula is C23H31N3O7S. The number of amides is 3. The van der Waals surface area contributed by atoms with Gasteiger partial charge >= 0.3 is 12.1 Å². The van der Waals surface area contributed by atoms with Gasteiger partial charge in [-0.3, -0.25) is 19.3 Å². The Kier molecular flexibility index (Phi) is 11.2. The van der Waals surface area contributed by atoms with Crippen molar-refractivity contribution in [2.24, 2.45) is 0 Å². The Morgan fingerprint density at radius 1 is 1.26 bits per heavy atom. The van der Waals surface area contributed by atoms with Crippen molar-refractivity contribution in [2.45, 2.75) is 51.8 Å². The highest BCUT2D eigenvalue weighted by Gasteiger charge is 2.35.